The molecule has 0 unspecified atom stereocenters. The second-order valence-corrected chi connectivity index (χ2v) is 13.6. The number of piperazine rings is 1. The van der Waals surface area contributed by atoms with Gasteiger partial charge in [0.15, 0.2) is 16.8 Å². The molecule has 0 aliphatic carbocycles. The Balaban J connectivity index is 1.53. The van der Waals surface area contributed by atoms with E-state index < -0.39 is 21.7 Å². The Labute approximate surface area is 229 Å². The molecule has 4 rings (SSSR count). The summed E-state index contributed by atoms with van der Waals surface area (Å²) in [6.07, 6.45) is 0.407. The lowest BCUT2D eigenvalue weighted by atomic mass is 9.89. The van der Waals surface area contributed by atoms with Crippen molar-refractivity contribution in [1.82, 2.24) is 9.29 Å². The fraction of sp³-hybridized carbons (Fsp3) is 0.483. The molecule has 0 amide bonds. The fourth-order valence-corrected chi connectivity index (χ4v) is 7.78. The van der Waals surface area contributed by atoms with Gasteiger partial charge in [0.05, 0.1) is 10.6 Å². The Morgan fingerprint density at radius 1 is 0.868 bits per heavy atom. The first-order valence-corrected chi connectivity index (χ1v) is 15.5. The smallest absolute Gasteiger partial charge is 0.243 e. The molecule has 0 N–H and O–H groups in total. The average Bonchev–Trinajstić information content (AvgIpc) is 3.33. The van der Waals surface area contributed by atoms with Crippen molar-refractivity contribution in [2.75, 3.05) is 31.1 Å². The zero-order chi connectivity index (χ0) is 27.8. The van der Waals surface area contributed by atoms with Crippen LogP contribution in [0.5, 0.6) is 0 Å². The molecule has 2 aromatic carbocycles. The Bertz CT molecular complexity index is 1360. The van der Waals surface area contributed by atoms with E-state index in [0.717, 1.165) is 28.0 Å². The van der Waals surface area contributed by atoms with Crippen LogP contribution in [-0.2, 0) is 16.4 Å². The van der Waals surface area contributed by atoms with Gasteiger partial charge in [0.1, 0.15) is 0 Å². The number of aromatic nitrogens is 1. The molecule has 1 saturated heterocycles. The molecular weight excluding hydrogens is 524 g/mol. The van der Waals surface area contributed by atoms with Crippen molar-refractivity contribution in [3.63, 3.8) is 0 Å². The zero-order valence-corrected chi connectivity index (χ0v) is 24.6. The van der Waals surface area contributed by atoms with Crippen LogP contribution in [0.2, 0.25) is 0 Å². The lowest BCUT2D eigenvalue weighted by Gasteiger charge is -2.35. The molecule has 0 bridgehead atoms. The van der Waals surface area contributed by atoms with Crippen molar-refractivity contribution in [2.24, 2.45) is 0 Å². The third-order valence-electron chi connectivity index (χ3n) is 7.10. The lowest BCUT2D eigenvalue weighted by Crippen LogP contribution is -2.49. The summed E-state index contributed by atoms with van der Waals surface area (Å²) < 4.78 is 56.5. The maximum atomic E-state index is 14.1. The van der Waals surface area contributed by atoms with Crippen LogP contribution in [0.3, 0.4) is 0 Å². The number of sulfonamides is 1. The Morgan fingerprint density at radius 2 is 1.47 bits per heavy atom. The van der Waals surface area contributed by atoms with Crippen molar-refractivity contribution in [2.45, 2.75) is 70.6 Å². The molecule has 206 valence electrons. The summed E-state index contributed by atoms with van der Waals surface area (Å²) in [5, 5.41) is 2.73. The van der Waals surface area contributed by atoms with Gasteiger partial charge in [-0.3, -0.25) is 0 Å². The number of halogens is 2. The Kier molecular flexibility index (Phi) is 8.59. The minimum absolute atomic E-state index is 0.0839. The van der Waals surface area contributed by atoms with E-state index in [1.165, 1.54) is 23.0 Å². The summed E-state index contributed by atoms with van der Waals surface area (Å²) in [5.41, 5.74) is 4.39. The highest BCUT2D eigenvalue weighted by molar-refractivity contribution is 7.89. The summed E-state index contributed by atoms with van der Waals surface area (Å²) in [6, 6.07) is 8.04. The first-order valence-electron chi connectivity index (χ1n) is 13.2. The van der Waals surface area contributed by atoms with Gasteiger partial charge < -0.3 is 4.90 Å². The molecule has 3 aromatic rings. The number of nitrogens with zero attached hydrogens (tertiary/aromatic N) is 3. The summed E-state index contributed by atoms with van der Waals surface area (Å²) in [4.78, 5) is 7.26. The van der Waals surface area contributed by atoms with Crippen molar-refractivity contribution >= 4 is 26.5 Å². The molecule has 1 aliphatic rings. The summed E-state index contributed by atoms with van der Waals surface area (Å²) in [5.74, 6) is -1.25. The SMILES string of the molecule is CC(C)c1cc(C(C)C)c(S(=O)(=O)N2CCN(c3nc(Cc4ccc(F)c(F)c4)cs3)CC2)c(C(C)C)c1. The van der Waals surface area contributed by atoms with E-state index in [4.69, 9.17) is 0 Å². The van der Waals surface area contributed by atoms with Crippen molar-refractivity contribution in [3.05, 3.63) is 75.3 Å². The van der Waals surface area contributed by atoms with Crippen molar-refractivity contribution in [3.8, 4) is 0 Å². The summed E-state index contributed by atoms with van der Waals surface area (Å²) in [7, 11) is -3.68. The van der Waals surface area contributed by atoms with E-state index in [-0.39, 0.29) is 11.8 Å². The Morgan fingerprint density at radius 3 is 2.00 bits per heavy atom. The van der Waals surface area contributed by atoms with E-state index >= 15 is 0 Å². The first-order chi connectivity index (χ1) is 17.9. The lowest BCUT2D eigenvalue weighted by molar-refractivity contribution is 0.383. The molecule has 0 radical (unpaired) electrons. The minimum Gasteiger partial charge on any atom is -0.345 e. The summed E-state index contributed by atoms with van der Waals surface area (Å²) in [6.45, 7) is 14.3. The van der Waals surface area contributed by atoms with Crippen molar-refractivity contribution in [1.29, 1.82) is 0 Å². The maximum absolute atomic E-state index is 14.1. The van der Waals surface area contributed by atoms with Gasteiger partial charge in [-0.05, 0) is 52.1 Å². The molecule has 5 nitrogen and oxygen atoms in total. The third-order valence-corrected chi connectivity index (χ3v) is 10.1. The minimum atomic E-state index is -3.68. The predicted molar refractivity (Wildman–Crippen MR) is 151 cm³/mol. The molecule has 2 heterocycles. The average molecular weight is 562 g/mol. The maximum Gasteiger partial charge on any atom is 0.243 e. The van der Waals surface area contributed by atoms with Crippen LogP contribution < -0.4 is 4.90 Å². The highest BCUT2D eigenvalue weighted by Crippen LogP contribution is 2.37. The highest BCUT2D eigenvalue weighted by atomic mass is 32.2. The van der Waals surface area contributed by atoms with Crippen LogP contribution in [0.25, 0.3) is 0 Å². The number of thiazole rings is 1. The fourth-order valence-electron chi connectivity index (χ4n) is 4.82. The molecule has 38 heavy (non-hydrogen) atoms. The number of hydrogen-bond acceptors (Lipinski definition) is 5. The van der Waals surface area contributed by atoms with Gasteiger partial charge in [-0.2, -0.15) is 4.31 Å². The molecule has 0 spiro atoms. The van der Waals surface area contributed by atoms with E-state index in [2.05, 4.69) is 63.6 Å². The normalized spacial score (nSPS) is 15.3. The van der Waals surface area contributed by atoms with Crippen LogP contribution >= 0.6 is 11.3 Å². The van der Waals surface area contributed by atoms with E-state index in [1.807, 2.05) is 5.38 Å². The van der Waals surface area contributed by atoms with Gasteiger partial charge in [-0.15, -0.1) is 11.3 Å². The van der Waals surface area contributed by atoms with Crippen LogP contribution in [0.1, 0.15) is 87.2 Å². The number of rotatable bonds is 8. The Hall–Kier alpha value is -2.36. The predicted octanol–water partition coefficient (Wildman–Crippen LogP) is 6.89. The second-order valence-electron chi connectivity index (χ2n) is 10.9. The molecule has 1 aliphatic heterocycles. The van der Waals surface area contributed by atoms with Gasteiger partial charge in [-0.25, -0.2) is 22.2 Å². The quantitative estimate of drug-likeness (QED) is 0.300. The number of benzene rings is 2. The van der Waals surface area contributed by atoms with Crippen LogP contribution in [0.4, 0.5) is 13.9 Å². The van der Waals surface area contributed by atoms with E-state index in [1.54, 1.807) is 10.4 Å². The molecule has 1 fully saturated rings. The number of hydrogen-bond donors (Lipinski definition) is 0. The van der Waals surface area contributed by atoms with Gasteiger partial charge in [0.2, 0.25) is 10.0 Å². The summed E-state index contributed by atoms with van der Waals surface area (Å²) >= 11 is 1.48. The number of anilines is 1. The topological polar surface area (TPSA) is 53.5 Å². The van der Waals surface area contributed by atoms with Gasteiger partial charge in [0.25, 0.3) is 0 Å². The molecule has 9 heteroatoms. The molecule has 1 aromatic heterocycles. The van der Waals surface area contributed by atoms with Crippen LogP contribution in [-0.4, -0.2) is 43.9 Å². The van der Waals surface area contributed by atoms with Crippen LogP contribution in [0, 0.1) is 11.6 Å². The molecule has 0 saturated carbocycles. The largest absolute Gasteiger partial charge is 0.345 e. The second kappa shape index (κ2) is 11.4. The third kappa shape index (κ3) is 5.95. The highest BCUT2D eigenvalue weighted by Gasteiger charge is 2.34. The molecule has 0 atom stereocenters. The molecular formula is C29H37F2N3O2S2. The van der Waals surface area contributed by atoms with Gasteiger partial charge in [0, 0.05) is 38.0 Å². The monoisotopic (exact) mass is 561 g/mol. The van der Waals surface area contributed by atoms with E-state index in [9.17, 15) is 17.2 Å². The van der Waals surface area contributed by atoms with Crippen molar-refractivity contribution < 1.29 is 17.2 Å². The van der Waals surface area contributed by atoms with Crippen LogP contribution in [0.15, 0.2) is 40.6 Å². The van der Waals surface area contributed by atoms with Gasteiger partial charge >= 0.3 is 0 Å². The zero-order valence-electron chi connectivity index (χ0n) is 23.0. The standard InChI is InChI=1S/C29H37F2N3O2S2/c1-18(2)22-15-24(19(3)4)28(25(16-22)20(5)6)38(35,36)34-11-9-33(10-12-34)29-32-23(17-37-29)13-21-7-8-26(30)27(31)14-21/h7-8,14-20H,9-13H2,1-6H3. The first kappa shape index (κ1) is 28.6. The van der Waals surface area contributed by atoms with E-state index in [0.29, 0.717) is 49.0 Å². The van der Waals surface area contributed by atoms with Gasteiger partial charge in [-0.1, -0.05) is 59.7 Å².